The van der Waals surface area contributed by atoms with Crippen LogP contribution < -0.4 is 0 Å². The van der Waals surface area contributed by atoms with Gasteiger partial charge in [0.15, 0.2) is 0 Å². The third-order valence-electron chi connectivity index (χ3n) is 9.38. The third-order valence-corrected chi connectivity index (χ3v) is 10.8. The summed E-state index contributed by atoms with van der Waals surface area (Å²) < 4.78 is 0. The molecule has 0 aromatic heterocycles. The fraction of sp³-hybridized carbons (Fsp3) is 0.349. The van der Waals surface area contributed by atoms with E-state index in [-0.39, 0.29) is 25.8 Å². The van der Waals surface area contributed by atoms with Gasteiger partial charge in [0.05, 0.1) is 0 Å². The Morgan fingerprint density at radius 3 is 2.07 bits per heavy atom. The molecule has 0 bridgehead atoms. The molecule has 0 N–H and O–H groups in total. The Hall–Kier alpha value is -2.29. The largest absolute Gasteiger partial charge is 0.343 e. The van der Waals surface area contributed by atoms with Crippen LogP contribution in [0.1, 0.15) is 107 Å². The Bertz CT molecular complexity index is 1570. The van der Waals surface area contributed by atoms with E-state index < -0.39 is 0 Å². The molecule has 4 aromatic rings. The molecular weight excluding hydrogens is 723 g/mol. The van der Waals surface area contributed by atoms with Crippen LogP contribution in [0.25, 0.3) is 34.1 Å². The van der Waals surface area contributed by atoms with Crippen molar-refractivity contribution >= 4 is 32.4 Å². The van der Waals surface area contributed by atoms with Gasteiger partial charge in [-0.1, -0.05) is 178 Å². The molecule has 1 aliphatic heterocycles. The van der Waals surface area contributed by atoms with Crippen molar-refractivity contribution in [3.63, 3.8) is 0 Å². The standard InChI is InChI=1S/C35H33.C4H8Si.C4H9.Hf/c1-4-12-31(35-24(5-2)22-33-27-16-10-9-15-26(27)19-20-30(33)35)34-23(3)21-32-28(17-11-18-29(32)34)25-13-7-6-8-14-25;1-2-4-5-3-1;1-3-4-2;/h6-11,13-22,34-35H,4-5,12H2,1-3H3;1-4H2;1,3-4H2,2H3;/q-1;;-1;. The third kappa shape index (κ3) is 7.99. The molecular formula is C43H50HfSi-2. The summed E-state index contributed by atoms with van der Waals surface area (Å²) in [5, 5.41) is 2.73. The molecule has 1 heterocycles. The summed E-state index contributed by atoms with van der Waals surface area (Å²) in [6.45, 7) is 12.7. The van der Waals surface area contributed by atoms with Crippen LogP contribution in [0.3, 0.4) is 0 Å². The molecule has 1 saturated heterocycles. The van der Waals surface area contributed by atoms with Gasteiger partial charge in [-0.25, -0.2) is 0 Å². The van der Waals surface area contributed by atoms with E-state index in [2.05, 4.69) is 132 Å². The van der Waals surface area contributed by atoms with Crippen molar-refractivity contribution in [2.75, 3.05) is 0 Å². The van der Waals surface area contributed by atoms with Gasteiger partial charge in [0, 0.05) is 35.4 Å². The number of rotatable bonds is 7. The topological polar surface area (TPSA) is 0 Å². The number of allylic oxidation sites excluding steroid dienone is 2. The smallest absolute Gasteiger partial charge is 0.0377 e. The SMILES string of the molecule is C1CC[Si]C1.CCC[C-](C1C(C)=Cc2c(-c3ccccc3)cccc21)C1C(CC)=Cc2c1ccc1ccccc21.[CH2-]CCC.[Hf]. The van der Waals surface area contributed by atoms with E-state index in [1.807, 2.05) is 0 Å². The van der Waals surface area contributed by atoms with Gasteiger partial charge in [0.1, 0.15) is 0 Å². The van der Waals surface area contributed by atoms with Gasteiger partial charge in [0.2, 0.25) is 0 Å². The maximum atomic E-state index is 3.60. The Morgan fingerprint density at radius 1 is 0.733 bits per heavy atom. The fourth-order valence-electron chi connectivity index (χ4n) is 7.22. The molecule has 0 nitrogen and oxygen atoms in total. The number of hydrogen-bond donors (Lipinski definition) is 0. The molecule has 232 valence electrons. The predicted octanol–water partition coefficient (Wildman–Crippen LogP) is 12.9. The zero-order valence-corrected chi connectivity index (χ0v) is 32.6. The van der Waals surface area contributed by atoms with Crippen LogP contribution in [0.2, 0.25) is 12.1 Å². The molecule has 1 fully saturated rings. The molecule has 2 radical (unpaired) electrons. The molecule has 0 saturated carbocycles. The van der Waals surface area contributed by atoms with Crippen LogP contribution in [-0.2, 0) is 25.8 Å². The summed E-state index contributed by atoms with van der Waals surface area (Å²) in [5.41, 5.74) is 11.5. The Kier molecular flexibility index (Phi) is 13.9. The minimum atomic E-state index is 0. The van der Waals surface area contributed by atoms with Crippen molar-refractivity contribution in [3.8, 4) is 11.1 Å². The molecule has 2 unspecified atom stereocenters. The Labute approximate surface area is 295 Å². The van der Waals surface area contributed by atoms with E-state index in [0.717, 1.165) is 19.3 Å². The van der Waals surface area contributed by atoms with E-state index in [1.165, 1.54) is 97.0 Å². The molecule has 3 aliphatic rings. The van der Waals surface area contributed by atoms with Crippen LogP contribution in [-0.4, -0.2) is 9.52 Å². The van der Waals surface area contributed by atoms with Crippen molar-refractivity contribution in [3.05, 3.63) is 131 Å². The predicted molar refractivity (Wildman–Crippen MR) is 196 cm³/mol. The minimum absolute atomic E-state index is 0. The fourth-order valence-corrected chi connectivity index (χ4v) is 8.47. The average Bonchev–Trinajstić information content (AvgIpc) is 3.84. The summed E-state index contributed by atoms with van der Waals surface area (Å²) in [5.74, 6) is 2.46. The first-order valence-electron chi connectivity index (χ1n) is 17.1. The van der Waals surface area contributed by atoms with E-state index in [4.69, 9.17) is 0 Å². The van der Waals surface area contributed by atoms with Gasteiger partial charge in [-0.05, 0) is 46.4 Å². The van der Waals surface area contributed by atoms with Crippen molar-refractivity contribution in [1.82, 2.24) is 0 Å². The maximum absolute atomic E-state index is 3.60. The molecule has 4 aromatic carbocycles. The maximum Gasteiger partial charge on any atom is 0.0377 e. The van der Waals surface area contributed by atoms with E-state index in [1.54, 1.807) is 11.5 Å². The molecule has 2 heteroatoms. The Balaban J connectivity index is 0.000000403. The van der Waals surface area contributed by atoms with Crippen LogP contribution in [0.5, 0.6) is 0 Å². The summed E-state index contributed by atoms with van der Waals surface area (Å²) in [4.78, 5) is 0. The van der Waals surface area contributed by atoms with E-state index in [0.29, 0.717) is 11.8 Å². The molecule has 0 spiro atoms. The number of unbranched alkanes of at least 4 members (excludes halogenated alkanes) is 1. The normalized spacial score (nSPS) is 17.7. The van der Waals surface area contributed by atoms with Crippen LogP contribution >= 0.6 is 0 Å². The summed E-state index contributed by atoms with van der Waals surface area (Å²) in [6, 6.07) is 34.4. The monoisotopic (exact) mass is 774 g/mol. The van der Waals surface area contributed by atoms with Crippen LogP contribution in [0.15, 0.2) is 96.1 Å². The summed E-state index contributed by atoms with van der Waals surface area (Å²) in [7, 11) is 1.31. The second-order valence-electron chi connectivity index (χ2n) is 12.4. The molecule has 7 rings (SSSR count). The number of hydrogen-bond acceptors (Lipinski definition) is 0. The van der Waals surface area contributed by atoms with Crippen LogP contribution in [0, 0.1) is 12.8 Å². The first-order chi connectivity index (χ1) is 21.6. The van der Waals surface area contributed by atoms with Crippen LogP contribution in [0.4, 0.5) is 0 Å². The molecule has 45 heavy (non-hydrogen) atoms. The van der Waals surface area contributed by atoms with Crippen molar-refractivity contribution in [2.24, 2.45) is 0 Å². The zero-order chi connectivity index (χ0) is 30.9. The zero-order valence-electron chi connectivity index (χ0n) is 28.0. The second kappa shape index (κ2) is 17.6. The van der Waals surface area contributed by atoms with Crippen molar-refractivity contribution in [1.29, 1.82) is 0 Å². The minimum Gasteiger partial charge on any atom is -0.343 e. The molecule has 2 aliphatic carbocycles. The number of fused-ring (bicyclic) bond motifs is 4. The average molecular weight is 773 g/mol. The molecule has 2 atom stereocenters. The van der Waals surface area contributed by atoms with Gasteiger partial charge in [-0.3, -0.25) is 5.92 Å². The van der Waals surface area contributed by atoms with Gasteiger partial charge in [0.25, 0.3) is 0 Å². The summed E-state index contributed by atoms with van der Waals surface area (Å²) in [6.07, 6.45) is 13.7. The Morgan fingerprint density at radius 2 is 1.42 bits per heavy atom. The quantitative estimate of drug-likeness (QED) is 0.130. The van der Waals surface area contributed by atoms with Gasteiger partial charge in [-0.2, -0.15) is 12.8 Å². The molecule has 0 amide bonds. The van der Waals surface area contributed by atoms with Crippen molar-refractivity contribution in [2.45, 2.75) is 96.6 Å². The van der Waals surface area contributed by atoms with Gasteiger partial charge >= 0.3 is 0 Å². The first-order valence-corrected chi connectivity index (χ1v) is 18.5. The van der Waals surface area contributed by atoms with Gasteiger partial charge in [-0.15, -0.1) is 11.8 Å². The van der Waals surface area contributed by atoms with Crippen molar-refractivity contribution < 1.29 is 25.8 Å². The van der Waals surface area contributed by atoms with E-state index >= 15 is 0 Å². The van der Waals surface area contributed by atoms with Gasteiger partial charge < -0.3 is 6.92 Å². The van der Waals surface area contributed by atoms with E-state index in [9.17, 15) is 0 Å². The number of benzene rings is 4. The summed E-state index contributed by atoms with van der Waals surface area (Å²) >= 11 is 0. The first kappa shape index (κ1) is 35.6. The second-order valence-corrected chi connectivity index (χ2v) is 13.9.